The van der Waals surface area contributed by atoms with Crippen molar-refractivity contribution in [3.8, 4) is 11.1 Å². The molecule has 2 atom stereocenters. The Kier molecular flexibility index (Phi) is 5.82. The van der Waals surface area contributed by atoms with Crippen LogP contribution in [-0.4, -0.2) is 29.7 Å². The highest BCUT2D eigenvalue weighted by Crippen LogP contribution is 2.44. The number of benzene rings is 3. The van der Waals surface area contributed by atoms with Crippen molar-refractivity contribution in [2.75, 3.05) is 6.61 Å². The highest BCUT2D eigenvalue weighted by atomic mass is 19.1. The summed E-state index contributed by atoms with van der Waals surface area (Å²) >= 11 is 0. The predicted molar refractivity (Wildman–Crippen MR) is 114 cm³/mol. The monoisotopic (exact) mass is 419 g/mol. The number of hydrogen-bond donors (Lipinski definition) is 2. The number of carboxylic acid groups (broad SMARTS) is 1. The number of aliphatic carboxylic acids is 1. The zero-order chi connectivity index (χ0) is 22.0. The third-order valence-corrected chi connectivity index (χ3v) is 5.66. The van der Waals surface area contributed by atoms with E-state index in [1.54, 1.807) is 6.07 Å². The van der Waals surface area contributed by atoms with Gasteiger partial charge in [-0.05, 0) is 46.4 Å². The van der Waals surface area contributed by atoms with Crippen LogP contribution in [-0.2, 0) is 20.7 Å². The van der Waals surface area contributed by atoms with Crippen LogP contribution in [0.15, 0.2) is 72.8 Å². The van der Waals surface area contributed by atoms with E-state index in [1.807, 2.05) is 48.5 Å². The van der Waals surface area contributed by atoms with Gasteiger partial charge in [-0.2, -0.15) is 0 Å². The minimum Gasteiger partial charge on any atom is -0.481 e. The quantitative estimate of drug-likeness (QED) is 0.450. The maximum Gasteiger partial charge on any atom is 0.321 e. The molecule has 0 radical (unpaired) electrons. The molecule has 0 spiro atoms. The van der Waals surface area contributed by atoms with Crippen molar-refractivity contribution >= 4 is 11.9 Å². The number of hydrogen-bond acceptors (Lipinski definition) is 4. The number of esters is 1. The standard InChI is InChI=1S/C25H22FNO4/c26-16-7-5-6-15(12-16)13-22(27)23(24(28)29)25(30)31-14-21-19-10-3-1-8-17(19)18-9-2-4-11-20(18)21/h1-12,21-23H,13-14,27H2,(H,28,29)/t22-,23+/m1/s1. The lowest BCUT2D eigenvalue weighted by atomic mass is 9.94. The van der Waals surface area contributed by atoms with Gasteiger partial charge >= 0.3 is 11.9 Å². The molecule has 4 rings (SSSR count). The second kappa shape index (κ2) is 8.70. The van der Waals surface area contributed by atoms with E-state index in [-0.39, 0.29) is 18.9 Å². The van der Waals surface area contributed by atoms with Crippen molar-refractivity contribution in [3.63, 3.8) is 0 Å². The molecule has 3 aromatic rings. The molecular weight excluding hydrogens is 397 g/mol. The summed E-state index contributed by atoms with van der Waals surface area (Å²) in [5.74, 6) is -4.42. The summed E-state index contributed by atoms with van der Waals surface area (Å²) < 4.78 is 18.9. The molecule has 1 aliphatic carbocycles. The highest BCUT2D eigenvalue weighted by molar-refractivity contribution is 5.95. The fourth-order valence-corrected chi connectivity index (χ4v) is 4.21. The maximum atomic E-state index is 13.4. The molecule has 158 valence electrons. The smallest absolute Gasteiger partial charge is 0.321 e. The van der Waals surface area contributed by atoms with E-state index >= 15 is 0 Å². The normalized spacial score (nSPS) is 14.4. The van der Waals surface area contributed by atoms with Gasteiger partial charge in [0.25, 0.3) is 0 Å². The Balaban J connectivity index is 1.49. The molecule has 3 N–H and O–H groups in total. The van der Waals surface area contributed by atoms with Crippen molar-refractivity contribution in [1.29, 1.82) is 0 Å². The maximum absolute atomic E-state index is 13.4. The van der Waals surface area contributed by atoms with Crippen molar-refractivity contribution in [2.45, 2.75) is 18.4 Å². The molecular formula is C25H22FNO4. The van der Waals surface area contributed by atoms with E-state index in [1.165, 1.54) is 18.2 Å². The van der Waals surface area contributed by atoms with Gasteiger partial charge < -0.3 is 15.6 Å². The van der Waals surface area contributed by atoms with E-state index in [4.69, 9.17) is 10.5 Å². The minimum absolute atomic E-state index is 0.0172. The molecule has 0 heterocycles. The van der Waals surface area contributed by atoms with Crippen LogP contribution < -0.4 is 5.73 Å². The second-order valence-electron chi connectivity index (χ2n) is 7.67. The zero-order valence-corrected chi connectivity index (χ0v) is 16.7. The Morgan fingerprint density at radius 2 is 1.58 bits per heavy atom. The predicted octanol–water partition coefficient (Wildman–Crippen LogP) is 3.75. The Bertz CT molecular complexity index is 1080. The molecule has 0 amide bonds. The van der Waals surface area contributed by atoms with Crippen LogP contribution >= 0.6 is 0 Å². The van der Waals surface area contributed by atoms with E-state index in [0.29, 0.717) is 5.56 Å². The van der Waals surface area contributed by atoms with Gasteiger partial charge in [-0.3, -0.25) is 9.59 Å². The number of ether oxygens (including phenoxy) is 1. The first kappa shape index (κ1) is 20.8. The Morgan fingerprint density at radius 1 is 0.968 bits per heavy atom. The molecule has 6 heteroatoms. The zero-order valence-electron chi connectivity index (χ0n) is 16.7. The van der Waals surface area contributed by atoms with E-state index in [2.05, 4.69) is 0 Å². The third-order valence-electron chi connectivity index (χ3n) is 5.66. The summed E-state index contributed by atoms with van der Waals surface area (Å²) in [6.45, 7) is 0.0172. The Morgan fingerprint density at radius 3 is 2.16 bits per heavy atom. The van der Waals surface area contributed by atoms with Crippen molar-refractivity contribution in [2.24, 2.45) is 11.7 Å². The highest BCUT2D eigenvalue weighted by Gasteiger charge is 2.36. The van der Waals surface area contributed by atoms with Gasteiger partial charge in [0, 0.05) is 12.0 Å². The minimum atomic E-state index is -1.55. The van der Waals surface area contributed by atoms with Crippen molar-refractivity contribution in [1.82, 2.24) is 0 Å². The fraction of sp³-hybridized carbons (Fsp3) is 0.200. The molecule has 31 heavy (non-hydrogen) atoms. The number of carbonyl (C=O) groups excluding carboxylic acids is 1. The molecule has 0 saturated carbocycles. The Labute approximate surface area is 179 Å². The first-order valence-corrected chi connectivity index (χ1v) is 10.0. The lowest BCUT2D eigenvalue weighted by Gasteiger charge is -2.21. The number of nitrogens with two attached hydrogens (primary N) is 1. The molecule has 0 bridgehead atoms. The van der Waals surface area contributed by atoms with E-state index in [9.17, 15) is 19.1 Å². The van der Waals surface area contributed by atoms with Gasteiger partial charge in [-0.1, -0.05) is 60.7 Å². The first-order valence-electron chi connectivity index (χ1n) is 10.0. The van der Waals surface area contributed by atoms with Gasteiger partial charge in [-0.15, -0.1) is 0 Å². The van der Waals surface area contributed by atoms with Gasteiger partial charge in [0.15, 0.2) is 5.92 Å². The molecule has 3 aromatic carbocycles. The topological polar surface area (TPSA) is 89.6 Å². The van der Waals surface area contributed by atoms with E-state index < -0.39 is 29.7 Å². The van der Waals surface area contributed by atoms with Crippen LogP contribution in [0.25, 0.3) is 11.1 Å². The lowest BCUT2D eigenvalue weighted by Crippen LogP contribution is -2.43. The van der Waals surface area contributed by atoms with E-state index in [0.717, 1.165) is 22.3 Å². The molecule has 0 unspecified atom stereocenters. The molecule has 0 saturated heterocycles. The number of halogens is 1. The van der Waals surface area contributed by atoms with Gasteiger partial charge in [-0.25, -0.2) is 4.39 Å². The molecule has 0 aromatic heterocycles. The average Bonchev–Trinajstić information content (AvgIpc) is 3.06. The van der Waals surface area contributed by atoms with Crippen LogP contribution in [0.5, 0.6) is 0 Å². The Hall–Kier alpha value is -3.51. The number of carboxylic acids is 1. The largest absolute Gasteiger partial charge is 0.481 e. The summed E-state index contributed by atoms with van der Waals surface area (Å²) in [7, 11) is 0. The number of carbonyl (C=O) groups is 2. The first-order chi connectivity index (χ1) is 15.0. The summed E-state index contributed by atoms with van der Waals surface area (Å²) in [4.78, 5) is 24.5. The lowest BCUT2D eigenvalue weighted by molar-refractivity contribution is -0.159. The number of rotatable bonds is 7. The molecule has 1 aliphatic rings. The fourth-order valence-electron chi connectivity index (χ4n) is 4.21. The van der Waals surface area contributed by atoms with Crippen molar-refractivity contribution in [3.05, 3.63) is 95.3 Å². The molecule has 0 aliphatic heterocycles. The van der Waals surface area contributed by atoms with Crippen LogP contribution in [0.1, 0.15) is 22.6 Å². The SMILES string of the molecule is N[C@H](Cc1cccc(F)c1)[C@@H](C(=O)O)C(=O)OCC1c2ccccc2-c2ccccc21. The van der Waals surface area contributed by atoms with Crippen LogP contribution in [0.3, 0.4) is 0 Å². The van der Waals surface area contributed by atoms with Crippen LogP contribution in [0.4, 0.5) is 4.39 Å². The molecule has 0 fully saturated rings. The summed E-state index contributed by atoms with van der Waals surface area (Å²) in [6, 6.07) is 20.4. The molecule has 5 nitrogen and oxygen atoms in total. The number of fused-ring (bicyclic) bond motifs is 3. The van der Waals surface area contributed by atoms with Crippen LogP contribution in [0, 0.1) is 11.7 Å². The van der Waals surface area contributed by atoms with Gasteiger partial charge in [0.2, 0.25) is 0 Å². The summed E-state index contributed by atoms with van der Waals surface area (Å²) in [6.07, 6.45) is 0.0406. The van der Waals surface area contributed by atoms with Crippen LogP contribution in [0.2, 0.25) is 0 Å². The summed E-state index contributed by atoms with van der Waals surface area (Å²) in [5, 5.41) is 9.60. The van der Waals surface area contributed by atoms with Gasteiger partial charge in [0.05, 0.1) is 0 Å². The third kappa shape index (κ3) is 4.20. The van der Waals surface area contributed by atoms with Gasteiger partial charge in [0.1, 0.15) is 12.4 Å². The van der Waals surface area contributed by atoms with Crippen molar-refractivity contribution < 1.29 is 23.8 Å². The summed E-state index contributed by atoms with van der Waals surface area (Å²) in [5.41, 5.74) is 10.8. The average molecular weight is 419 g/mol. The second-order valence-corrected chi connectivity index (χ2v) is 7.67.